The summed E-state index contributed by atoms with van der Waals surface area (Å²) < 4.78 is 14.8. The Morgan fingerprint density at radius 2 is 2.00 bits per heavy atom. The quantitative estimate of drug-likeness (QED) is 0.606. The van der Waals surface area contributed by atoms with Crippen molar-refractivity contribution in [3.63, 3.8) is 0 Å². The van der Waals surface area contributed by atoms with Gasteiger partial charge in [0.1, 0.15) is 6.10 Å². The number of rotatable bonds is 2. The molecule has 1 saturated carbocycles. The highest BCUT2D eigenvalue weighted by atomic mass is 31.1. The monoisotopic (exact) mass is 149 g/mol. The van der Waals surface area contributed by atoms with E-state index < -0.39 is 8.25 Å². The van der Waals surface area contributed by atoms with E-state index in [9.17, 15) is 4.57 Å². The third-order valence-electron chi connectivity index (χ3n) is 1.54. The zero-order valence-corrected chi connectivity index (χ0v) is 6.01. The molecule has 0 bridgehead atoms. The summed E-state index contributed by atoms with van der Waals surface area (Å²) in [5, 5.41) is 0. The molecule has 1 unspecified atom stereocenters. The summed E-state index contributed by atoms with van der Waals surface area (Å²) in [7, 11) is -2.36. The van der Waals surface area contributed by atoms with Crippen LogP contribution < -0.4 is 0 Å². The summed E-state index contributed by atoms with van der Waals surface area (Å²) in [4.78, 5) is 8.30. The number of hydrogen-bond acceptors (Lipinski definition) is 2. The Balaban J connectivity index is 2.19. The van der Waals surface area contributed by atoms with Gasteiger partial charge in [0.2, 0.25) is 0 Å². The molecule has 0 aromatic carbocycles. The van der Waals surface area contributed by atoms with E-state index in [2.05, 4.69) is 4.52 Å². The van der Waals surface area contributed by atoms with Gasteiger partial charge in [-0.25, -0.2) is 0 Å². The molecule has 0 heterocycles. The Hall–Kier alpha value is 0.0200. The van der Waals surface area contributed by atoms with Gasteiger partial charge < -0.3 is 0 Å². The average Bonchev–Trinajstić information content (AvgIpc) is 2.15. The van der Waals surface area contributed by atoms with Crippen molar-refractivity contribution in [2.45, 2.75) is 31.8 Å². The molecule has 1 aliphatic rings. The summed E-state index contributed by atoms with van der Waals surface area (Å²) in [5.74, 6) is 0. The lowest BCUT2D eigenvalue weighted by atomic mass is 10.3. The fraction of sp³-hybridized carbons (Fsp3) is 1.00. The third kappa shape index (κ3) is 2.39. The molecule has 0 aromatic heterocycles. The fourth-order valence-corrected chi connectivity index (χ4v) is 1.59. The summed E-state index contributed by atoms with van der Waals surface area (Å²) in [6.07, 6.45) is 4.21. The van der Waals surface area contributed by atoms with E-state index in [4.69, 9.17) is 4.89 Å². The van der Waals surface area contributed by atoms with Crippen molar-refractivity contribution in [2.24, 2.45) is 0 Å². The molecule has 0 spiro atoms. The topological polar surface area (TPSA) is 46.5 Å². The van der Waals surface area contributed by atoms with Crippen LogP contribution >= 0.6 is 8.25 Å². The summed E-state index contributed by atoms with van der Waals surface area (Å²) in [6.45, 7) is 0. The maximum absolute atomic E-state index is 10.1. The second-order valence-electron chi connectivity index (χ2n) is 2.25. The first-order chi connectivity index (χ1) is 4.29. The maximum atomic E-state index is 10.1. The van der Waals surface area contributed by atoms with E-state index in [1.807, 2.05) is 0 Å². The van der Waals surface area contributed by atoms with Gasteiger partial charge in [-0.1, -0.05) is 12.8 Å². The van der Waals surface area contributed by atoms with Crippen LogP contribution in [0.3, 0.4) is 0 Å². The van der Waals surface area contributed by atoms with Crippen molar-refractivity contribution in [1.82, 2.24) is 0 Å². The lowest BCUT2D eigenvalue weighted by Gasteiger charge is -1.94. The standard InChI is InChI=1S/C5H9O3P/c6-9(7)8-5-3-1-2-4-5/h5H,1-4H2/p+1. The van der Waals surface area contributed by atoms with Crippen LogP contribution in [-0.2, 0) is 9.09 Å². The first-order valence-corrected chi connectivity index (χ1v) is 4.25. The van der Waals surface area contributed by atoms with Crippen LogP contribution in [-0.4, -0.2) is 11.0 Å². The largest absolute Gasteiger partial charge is 0.694 e. The summed E-state index contributed by atoms with van der Waals surface area (Å²) in [6, 6.07) is 0. The zero-order chi connectivity index (χ0) is 6.69. The molecule has 0 aromatic rings. The van der Waals surface area contributed by atoms with E-state index in [0.29, 0.717) is 0 Å². The van der Waals surface area contributed by atoms with Crippen molar-refractivity contribution in [3.05, 3.63) is 0 Å². The highest BCUT2D eigenvalue weighted by Gasteiger charge is 2.25. The van der Waals surface area contributed by atoms with Gasteiger partial charge >= 0.3 is 8.25 Å². The lowest BCUT2D eigenvalue weighted by molar-refractivity contribution is 0.195. The SMILES string of the molecule is O=[P+](O)OC1CCCC1. The van der Waals surface area contributed by atoms with Gasteiger partial charge in [0.25, 0.3) is 0 Å². The predicted octanol–water partition coefficient (Wildman–Crippen LogP) is 1.60. The van der Waals surface area contributed by atoms with Crippen molar-refractivity contribution in [1.29, 1.82) is 0 Å². The molecule has 0 aliphatic heterocycles. The third-order valence-corrected chi connectivity index (χ3v) is 2.02. The number of hydrogen-bond donors (Lipinski definition) is 1. The Morgan fingerprint density at radius 3 is 2.44 bits per heavy atom. The van der Waals surface area contributed by atoms with E-state index in [0.717, 1.165) is 25.7 Å². The molecule has 1 N–H and O–H groups in total. The van der Waals surface area contributed by atoms with Crippen LogP contribution in [0.2, 0.25) is 0 Å². The molecular formula is C5H10O3P+. The van der Waals surface area contributed by atoms with Gasteiger partial charge in [0.15, 0.2) is 0 Å². The zero-order valence-electron chi connectivity index (χ0n) is 5.12. The summed E-state index contributed by atoms with van der Waals surface area (Å²) >= 11 is 0. The minimum atomic E-state index is -2.36. The average molecular weight is 149 g/mol. The lowest BCUT2D eigenvalue weighted by Crippen LogP contribution is -2.00. The minimum Gasteiger partial charge on any atom is -0.133 e. The molecule has 0 amide bonds. The highest BCUT2D eigenvalue weighted by Crippen LogP contribution is 2.28. The molecular weight excluding hydrogens is 139 g/mol. The normalized spacial score (nSPS) is 22.6. The Kier molecular flexibility index (Phi) is 2.58. The fourth-order valence-electron chi connectivity index (χ4n) is 1.12. The Morgan fingerprint density at radius 1 is 1.44 bits per heavy atom. The van der Waals surface area contributed by atoms with Crippen LogP contribution in [0.4, 0.5) is 0 Å². The van der Waals surface area contributed by atoms with Crippen molar-refractivity contribution in [3.8, 4) is 0 Å². The second-order valence-corrected chi connectivity index (χ2v) is 2.94. The van der Waals surface area contributed by atoms with Gasteiger partial charge in [-0.15, -0.1) is 9.42 Å². The molecule has 0 saturated heterocycles. The van der Waals surface area contributed by atoms with E-state index in [1.165, 1.54) is 0 Å². The maximum Gasteiger partial charge on any atom is 0.694 e. The van der Waals surface area contributed by atoms with Crippen LogP contribution in [0.5, 0.6) is 0 Å². The van der Waals surface area contributed by atoms with Gasteiger partial charge in [0.05, 0.1) is 0 Å². The van der Waals surface area contributed by atoms with E-state index in [1.54, 1.807) is 0 Å². The van der Waals surface area contributed by atoms with Crippen molar-refractivity contribution >= 4 is 8.25 Å². The van der Waals surface area contributed by atoms with Gasteiger partial charge in [-0.2, -0.15) is 0 Å². The first-order valence-electron chi connectivity index (χ1n) is 3.12. The van der Waals surface area contributed by atoms with Gasteiger partial charge in [-0.05, 0) is 12.8 Å². The highest BCUT2D eigenvalue weighted by molar-refractivity contribution is 7.32. The molecule has 1 fully saturated rings. The van der Waals surface area contributed by atoms with Gasteiger partial charge in [-0.3, -0.25) is 0 Å². The Labute approximate surface area is 55.0 Å². The predicted molar refractivity (Wildman–Crippen MR) is 33.2 cm³/mol. The molecule has 4 heteroatoms. The van der Waals surface area contributed by atoms with Crippen LogP contribution in [0, 0.1) is 0 Å². The molecule has 0 radical (unpaired) electrons. The van der Waals surface area contributed by atoms with Crippen LogP contribution in [0.25, 0.3) is 0 Å². The second kappa shape index (κ2) is 3.25. The molecule has 52 valence electrons. The Bertz CT molecular complexity index is 109. The smallest absolute Gasteiger partial charge is 0.133 e. The van der Waals surface area contributed by atoms with Crippen LogP contribution in [0.1, 0.15) is 25.7 Å². The molecule has 3 nitrogen and oxygen atoms in total. The minimum absolute atomic E-state index is 0.0543. The van der Waals surface area contributed by atoms with Crippen LogP contribution in [0.15, 0.2) is 0 Å². The molecule has 1 aliphatic carbocycles. The summed E-state index contributed by atoms with van der Waals surface area (Å²) in [5.41, 5.74) is 0. The van der Waals surface area contributed by atoms with E-state index >= 15 is 0 Å². The first kappa shape index (κ1) is 7.13. The molecule has 1 rings (SSSR count). The van der Waals surface area contributed by atoms with Crippen molar-refractivity contribution < 1.29 is 14.0 Å². The molecule has 1 atom stereocenters. The molecule has 9 heavy (non-hydrogen) atoms. The van der Waals surface area contributed by atoms with Crippen molar-refractivity contribution in [2.75, 3.05) is 0 Å². The van der Waals surface area contributed by atoms with Gasteiger partial charge in [0, 0.05) is 4.57 Å². The van der Waals surface area contributed by atoms with E-state index in [-0.39, 0.29) is 6.10 Å².